The largest absolute Gasteiger partial charge is 0.343 e. The van der Waals surface area contributed by atoms with Gasteiger partial charge in [-0.3, -0.25) is 4.99 Å². The number of hydrogen-bond acceptors (Lipinski definition) is 2. The highest BCUT2D eigenvalue weighted by Crippen LogP contribution is 2.25. The number of hydrogen-bond donors (Lipinski definition) is 1. The number of anilines is 1. The quantitative estimate of drug-likeness (QED) is 0.755. The second-order valence-corrected chi connectivity index (χ2v) is 5.28. The van der Waals surface area contributed by atoms with Gasteiger partial charge < -0.3 is 5.32 Å². The maximum atomic E-state index is 4.38. The number of rotatable bonds is 1. The first kappa shape index (κ1) is 10.4. The Hall–Kier alpha value is -0.100. The fourth-order valence-corrected chi connectivity index (χ4v) is 2.78. The average molecular weight is 365 g/mol. The van der Waals surface area contributed by atoms with Crippen molar-refractivity contribution in [3.8, 4) is 0 Å². The Morgan fingerprint density at radius 2 is 2.29 bits per heavy atom. The van der Waals surface area contributed by atoms with Gasteiger partial charge in [-0.15, -0.1) is 0 Å². The third-order valence-electron chi connectivity index (χ3n) is 2.08. The van der Waals surface area contributed by atoms with Gasteiger partial charge >= 0.3 is 0 Å². The predicted octanol–water partition coefficient (Wildman–Crippen LogP) is 3.66. The molecule has 1 aliphatic heterocycles. The van der Waals surface area contributed by atoms with E-state index < -0.39 is 0 Å². The summed E-state index contributed by atoms with van der Waals surface area (Å²) in [7, 11) is 0. The average Bonchev–Trinajstić information content (AvgIpc) is 2.62. The fourth-order valence-electron chi connectivity index (χ4n) is 1.39. The van der Waals surface area contributed by atoms with E-state index in [0.717, 1.165) is 29.0 Å². The summed E-state index contributed by atoms with van der Waals surface area (Å²) < 4.78 is 2.33. The van der Waals surface area contributed by atoms with Crippen LogP contribution in [0.4, 0.5) is 5.69 Å². The summed E-state index contributed by atoms with van der Waals surface area (Å²) in [6.45, 7) is 0.963. The molecule has 0 aliphatic carbocycles. The van der Waals surface area contributed by atoms with E-state index in [9.17, 15) is 0 Å². The molecule has 0 saturated heterocycles. The second-order valence-electron chi connectivity index (χ2n) is 3.18. The van der Waals surface area contributed by atoms with Crippen molar-refractivity contribution in [1.29, 1.82) is 0 Å². The van der Waals surface area contributed by atoms with Gasteiger partial charge in [0.1, 0.15) is 5.84 Å². The van der Waals surface area contributed by atoms with Gasteiger partial charge in [0.05, 0.1) is 5.69 Å². The molecule has 14 heavy (non-hydrogen) atoms. The molecule has 4 heteroatoms. The van der Waals surface area contributed by atoms with Crippen LogP contribution in [0, 0.1) is 3.57 Å². The van der Waals surface area contributed by atoms with Crippen molar-refractivity contribution in [2.24, 2.45) is 4.99 Å². The van der Waals surface area contributed by atoms with Gasteiger partial charge in [0.15, 0.2) is 0 Å². The highest BCUT2D eigenvalue weighted by atomic mass is 127. The molecule has 0 radical (unpaired) electrons. The Morgan fingerprint density at radius 3 is 2.93 bits per heavy atom. The molecule has 1 aromatic rings. The van der Waals surface area contributed by atoms with Crippen LogP contribution in [0.5, 0.6) is 0 Å². The van der Waals surface area contributed by atoms with Crippen molar-refractivity contribution in [3.63, 3.8) is 0 Å². The summed E-state index contributed by atoms with van der Waals surface area (Å²) in [5, 5.41) is 3.34. The topological polar surface area (TPSA) is 24.4 Å². The first-order chi connectivity index (χ1) is 6.75. The summed E-state index contributed by atoms with van der Waals surface area (Å²) >= 11 is 5.83. The van der Waals surface area contributed by atoms with Gasteiger partial charge in [-0.1, -0.05) is 0 Å². The third kappa shape index (κ3) is 2.48. The molecule has 2 rings (SSSR count). The zero-order chi connectivity index (χ0) is 9.97. The fraction of sp³-hybridized carbons (Fsp3) is 0.300. The Kier molecular flexibility index (Phi) is 3.43. The van der Waals surface area contributed by atoms with Crippen LogP contribution in [0.2, 0.25) is 0 Å². The van der Waals surface area contributed by atoms with Crippen LogP contribution in [0.15, 0.2) is 27.7 Å². The number of nitrogens with zero attached hydrogens (tertiary/aromatic N) is 1. The van der Waals surface area contributed by atoms with Crippen LogP contribution in [0.25, 0.3) is 0 Å². The second kappa shape index (κ2) is 4.61. The summed E-state index contributed by atoms with van der Waals surface area (Å²) in [5.74, 6) is 1.10. The van der Waals surface area contributed by atoms with Crippen LogP contribution in [0.1, 0.15) is 12.8 Å². The molecule has 0 spiro atoms. The monoisotopic (exact) mass is 364 g/mol. The Balaban J connectivity index is 2.16. The molecule has 1 aromatic carbocycles. The normalized spacial score (nSPS) is 15.4. The number of nitrogens with one attached hydrogen (secondary N) is 1. The van der Waals surface area contributed by atoms with E-state index in [1.807, 2.05) is 0 Å². The van der Waals surface area contributed by atoms with Crippen molar-refractivity contribution < 1.29 is 0 Å². The number of benzene rings is 1. The minimum atomic E-state index is 0.963. The third-order valence-corrected chi connectivity index (χ3v) is 3.41. The van der Waals surface area contributed by atoms with Crippen molar-refractivity contribution in [3.05, 3.63) is 26.2 Å². The summed E-state index contributed by atoms with van der Waals surface area (Å²) in [6.07, 6.45) is 2.24. The van der Waals surface area contributed by atoms with E-state index in [4.69, 9.17) is 0 Å². The molecule has 74 valence electrons. The Morgan fingerprint density at radius 1 is 1.43 bits per heavy atom. The highest BCUT2D eigenvalue weighted by molar-refractivity contribution is 14.1. The molecule has 0 saturated carbocycles. The molecule has 1 aliphatic rings. The van der Waals surface area contributed by atoms with Gasteiger partial charge in [0.25, 0.3) is 0 Å². The number of aliphatic imine (C=N–C) groups is 1. The predicted molar refractivity (Wildman–Crippen MR) is 72.0 cm³/mol. The smallest absolute Gasteiger partial charge is 0.101 e. The van der Waals surface area contributed by atoms with Crippen LogP contribution in [-0.2, 0) is 0 Å². The molecular weight excluding hydrogens is 355 g/mol. The van der Waals surface area contributed by atoms with Gasteiger partial charge in [-0.2, -0.15) is 0 Å². The van der Waals surface area contributed by atoms with E-state index in [1.54, 1.807) is 0 Å². The molecule has 0 fully saturated rings. The molecule has 2 nitrogen and oxygen atoms in total. The van der Waals surface area contributed by atoms with E-state index in [-0.39, 0.29) is 0 Å². The first-order valence-electron chi connectivity index (χ1n) is 4.51. The standard InChI is InChI=1S/C10H10BrIN2/c11-8-6-7(12)3-4-9(8)14-10-2-1-5-13-10/h3-4,6H,1-2,5H2,(H,13,14). The van der Waals surface area contributed by atoms with Crippen LogP contribution >= 0.6 is 38.5 Å². The summed E-state index contributed by atoms with van der Waals surface area (Å²) in [4.78, 5) is 4.38. The van der Waals surface area contributed by atoms with Crippen molar-refractivity contribution in [2.45, 2.75) is 12.8 Å². The van der Waals surface area contributed by atoms with Crippen molar-refractivity contribution >= 4 is 50.0 Å². The maximum absolute atomic E-state index is 4.38. The lowest BCUT2D eigenvalue weighted by atomic mass is 10.3. The molecule has 0 bridgehead atoms. The number of halogens is 2. The van der Waals surface area contributed by atoms with E-state index in [0.29, 0.717) is 0 Å². The molecule has 0 unspecified atom stereocenters. The Bertz CT molecular complexity index is 376. The van der Waals surface area contributed by atoms with Crippen LogP contribution in [0.3, 0.4) is 0 Å². The summed E-state index contributed by atoms with van der Waals surface area (Å²) in [6, 6.07) is 6.26. The van der Waals surface area contributed by atoms with Crippen LogP contribution in [-0.4, -0.2) is 12.4 Å². The molecule has 0 atom stereocenters. The van der Waals surface area contributed by atoms with E-state index in [2.05, 4.69) is 67.0 Å². The van der Waals surface area contributed by atoms with Crippen molar-refractivity contribution in [2.75, 3.05) is 11.9 Å². The van der Waals surface area contributed by atoms with Gasteiger partial charge in [-0.05, 0) is 63.1 Å². The van der Waals surface area contributed by atoms with E-state index >= 15 is 0 Å². The first-order valence-corrected chi connectivity index (χ1v) is 6.38. The lowest BCUT2D eigenvalue weighted by molar-refractivity contribution is 0.951. The van der Waals surface area contributed by atoms with Crippen molar-refractivity contribution in [1.82, 2.24) is 0 Å². The number of amidine groups is 1. The molecular formula is C10H10BrIN2. The molecule has 0 aromatic heterocycles. The SMILES string of the molecule is Brc1cc(I)ccc1NC1=NCCC1. The Labute approximate surface area is 105 Å². The van der Waals surface area contributed by atoms with E-state index in [1.165, 1.54) is 9.99 Å². The highest BCUT2D eigenvalue weighted by Gasteiger charge is 2.07. The lowest BCUT2D eigenvalue weighted by Gasteiger charge is -2.07. The zero-order valence-corrected chi connectivity index (χ0v) is 11.3. The van der Waals surface area contributed by atoms with Gasteiger partial charge in [0.2, 0.25) is 0 Å². The summed E-state index contributed by atoms with van der Waals surface area (Å²) in [5.41, 5.74) is 1.10. The maximum Gasteiger partial charge on any atom is 0.101 e. The lowest BCUT2D eigenvalue weighted by Crippen LogP contribution is -2.08. The molecule has 0 amide bonds. The minimum Gasteiger partial charge on any atom is -0.343 e. The molecule has 1 heterocycles. The van der Waals surface area contributed by atoms with Crippen LogP contribution < -0.4 is 5.32 Å². The zero-order valence-electron chi connectivity index (χ0n) is 7.56. The molecule has 1 N–H and O–H groups in total. The minimum absolute atomic E-state index is 0.963. The van der Waals surface area contributed by atoms with Gasteiger partial charge in [0, 0.05) is 21.0 Å². The van der Waals surface area contributed by atoms with Gasteiger partial charge in [-0.25, -0.2) is 0 Å².